The Balaban J connectivity index is 0.990. The summed E-state index contributed by atoms with van der Waals surface area (Å²) >= 11 is 4.06. The molecule has 0 unspecified atom stereocenters. The van der Waals surface area contributed by atoms with E-state index < -0.39 is 0 Å². The summed E-state index contributed by atoms with van der Waals surface area (Å²) in [5, 5.41) is 0. The van der Waals surface area contributed by atoms with E-state index in [-0.39, 0.29) is 5.82 Å². The van der Waals surface area contributed by atoms with Gasteiger partial charge in [0.15, 0.2) is 0 Å². The molecule has 0 bridgehead atoms. The highest BCUT2D eigenvalue weighted by Gasteiger charge is 2.21. The molecule has 10 aromatic carbocycles. The monoisotopic (exact) mass is 1100 g/mol. The van der Waals surface area contributed by atoms with Crippen LogP contribution in [0.5, 0.6) is 0 Å². The van der Waals surface area contributed by atoms with Crippen LogP contribution >= 0.6 is 15.9 Å². The predicted molar refractivity (Wildman–Crippen MR) is 337 cm³/mol. The van der Waals surface area contributed by atoms with E-state index in [1.165, 1.54) is 12.1 Å². The van der Waals surface area contributed by atoms with Crippen molar-refractivity contribution in [3.8, 4) is 134 Å². The molecular weight excluding hydrogens is 1050 g/mol. The third-order valence-electron chi connectivity index (χ3n) is 15.2. The van der Waals surface area contributed by atoms with Crippen LogP contribution < -0.4 is 0 Å². The minimum Gasteiger partial charge on any atom is -0.256 e. The average Bonchev–Trinajstić information content (AvgIpc) is 3.67. The molecule has 13 aromatic rings. The van der Waals surface area contributed by atoms with Gasteiger partial charge in [-0.05, 0) is 186 Å². The number of hydrogen-bond donors (Lipinski definition) is 0. The first kappa shape index (κ1) is 50.6. The fraction of sp³-hybridized carbons (Fsp3) is 0.0132. The second-order valence-corrected chi connectivity index (χ2v) is 21.1. The molecule has 0 radical (unpaired) electrons. The lowest BCUT2D eigenvalue weighted by molar-refractivity contribution is 0.628. The van der Waals surface area contributed by atoms with Crippen LogP contribution in [-0.2, 0) is 0 Å². The number of aromatic nitrogens is 3. The molecule has 0 saturated heterocycles. The second-order valence-electron chi connectivity index (χ2n) is 20.2. The van der Waals surface area contributed by atoms with Gasteiger partial charge in [0.1, 0.15) is 5.82 Å². The molecule has 0 spiro atoms. The summed E-state index contributed by atoms with van der Waals surface area (Å²) in [6, 6.07) is 95.6. The zero-order valence-corrected chi connectivity index (χ0v) is 45.9. The van der Waals surface area contributed by atoms with E-state index >= 15 is 0 Å². The topological polar surface area (TPSA) is 38.7 Å². The van der Waals surface area contributed by atoms with Crippen molar-refractivity contribution in [2.75, 3.05) is 0 Å². The zero-order valence-electron chi connectivity index (χ0n) is 44.3. The molecule has 384 valence electrons. The first-order valence-electron chi connectivity index (χ1n) is 27.1. The van der Waals surface area contributed by atoms with Crippen molar-refractivity contribution in [1.29, 1.82) is 0 Å². The first-order valence-corrected chi connectivity index (χ1v) is 27.9. The Hall–Kier alpha value is -9.94. The zero-order chi connectivity index (χ0) is 54.7. The van der Waals surface area contributed by atoms with Crippen LogP contribution in [0.1, 0.15) is 5.56 Å². The van der Waals surface area contributed by atoms with Crippen molar-refractivity contribution in [2.45, 2.75) is 6.92 Å². The minimum absolute atomic E-state index is 0.259. The van der Waals surface area contributed by atoms with Gasteiger partial charge in [0.05, 0.1) is 17.1 Å². The van der Waals surface area contributed by atoms with Crippen molar-refractivity contribution < 1.29 is 4.39 Å². The molecule has 0 aliphatic heterocycles. The molecule has 0 aliphatic carbocycles. The average molecular weight is 1110 g/mol. The molecule has 81 heavy (non-hydrogen) atoms. The van der Waals surface area contributed by atoms with Gasteiger partial charge in [-0.2, -0.15) is 0 Å². The van der Waals surface area contributed by atoms with Gasteiger partial charge in [0, 0.05) is 45.3 Å². The largest absolute Gasteiger partial charge is 0.256 e. The van der Waals surface area contributed by atoms with Gasteiger partial charge in [-0.1, -0.05) is 210 Å². The van der Waals surface area contributed by atoms with Crippen molar-refractivity contribution in [2.24, 2.45) is 0 Å². The van der Waals surface area contributed by atoms with Crippen molar-refractivity contribution >= 4 is 15.9 Å². The lowest BCUT2D eigenvalue weighted by Gasteiger charge is -2.20. The van der Waals surface area contributed by atoms with E-state index in [4.69, 9.17) is 15.0 Å². The molecule has 0 aliphatic rings. The van der Waals surface area contributed by atoms with Gasteiger partial charge in [0.25, 0.3) is 0 Å². The smallest absolute Gasteiger partial charge is 0.123 e. The lowest BCUT2D eigenvalue weighted by atomic mass is 9.84. The summed E-state index contributed by atoms with van der Waals surface area (Å²) < 4.78 is 14.8. The third kappa shape index (κ3) is 10.4. The van der Waals surface area contributed by atoms with Crippen molar-refractivity contribution in [3.63, 3.8) is 0 Å². The van der Waals surface area contributed by atoms with Gasteiger partial charge in [-0.15, -0.1) is 0 Å². The Morgan fingerprint density at radius 2 is 0.630 bits per heavy atom. The molecular formula is C76H51BrFN3. The summed E-state index contributed by atoms with van der Waals surface area (Å²) in [5.74, 6) is -0.259. The van der Waals surface area contributed by atoms with Gasteiger partial charge >= 0.3 is 0 Å². The Morgan fingerprint density at radius 1 is 0.259 bits per heavy atom. The second kappa shape index (κ2) is 22.4. The summed E-state index contributed by atoms with van der Waals surface area (Å²) in [7, 11) is 0. The minimum atomic E-state index is -0.259. The SMILES string of the molecule is Cc1cc(-c2ccc(-c3ccccc3-c3cc(-c4ccccc4-c4ccc(-c5ccccn5)cc4-c4ccccc4)cc(-c4ccccc4-c4ccc(-c5ccccn5)cc4-c4ccccc4)c3)c(Br)c2)ncc1-c1ccc(F)cc1. The Labute approximate surface area is 480 Å². The molecule has 3 nitrogen and oxygen atoms in total. The highest BCUT2D eigenvalue weighted by molar-refractivity contribution is 9.10. The number of pyridine rings is 3. The highest BCUT2D eigenvalue weighted by atomic mass is 79.9. The Morgan fingerprint density at radius 3 is 1.06 bits per heavy atom. The van der Waals surface area contributed by atoms with Gasteiger partial charge in [-0.25, -0.2) is 4.39 Å². The quantitative estimate of drug-likeness (QED) is 0.122. The van der Waals surface area contributed by atoms with Crippen LogP contribution in [0.15, 0.2) is 296 Å². The maximum atomic E-state index is 13.8. The molecule has 0 atom stereocenters. The third-order valence-corrected chi connectivity index (χ3v) is 15.8. The van der Waals surface area contributed by atoms with Crippen LogP contribution in [-0.4, -0.2) is 15.0 Å². The number of benzene rings is 10. The predicted octanol–water partition coefficient (Wildman–Crippen LogP) is 21.1. The summed E-state index contributed by atoms with van der Waals surface area (Å²) in [6.07, 6.45) is 5.59. The number of rotatable bonds is 12. The van der Waals surface area contributed by atoms with Crippen LogP contribution in [0.4, 0.5) is 4.39 Å². The summed E-state index contributed by atoms with van der Waals surface area (Å²) in [6.45, 7) is 2.08. The number of hydrogen-bond acceptors (Lipinski definition) is 3. The maximum Gasteiger partial charge on any atom is 0.123 e. The molecule has 3 aromatic heterocycles. The van der Waals surface area contributed by atoms with Crippen LogP contribution in [0.3, 0.4) is 0 Å². The standard InChI is InChI=1S/C76H51BrFN3/c1-50-42-76(81-49-72(50)53-30-35-60(78)36-31-53)56-34-39-69(73(77)48-56)66-27-13-10-24-63(66)59-44-57(61-22-8-11-25-64(61)67-37-32-54(74-28-14-16-40-79-74)46-70(67)51-18-4-2-5-19-51)43-58(45-59)62-23-9-12-26-65(62)68-38-33-55(75-29-15-17-41-80-75)47-71(68)52-20-6-3-7-21-52/h2-49H,1H3. The number of aryl methyl sites for hydroxylation is 1. The molecule has 13 rings (SSSR count). The molecule has 0 saturated carbocycles. The molecule has 5 heteroatoms. The highest BCUT2D eigenvalue weighted by Crippen LogP contribution is 2.47. The molecule has 0 N–H and O–H groups in total. The normalized spacial score (nSPS) is 11.1. The van der Waals surface area contributed by atoms with E-state index in [1.54, 1.807) is 12.1 Å². The van der Waals surface area contributed by atoms with E-state index in [0.29, 0.717) is 0 Å². The Bertz CT molecular complexity index is 4220. The van der Waals surface area contributed by atoms with Crippen molar-refractivity contribution in [1.82, 2.24) is 15.0 Å². The Kier molecular flexibility index (Phi) is 14.0. The van der Waals surface area contributed by atoms with Crippen LogP contribution in [0.25, 0.3) is 134 Å². The molecule has 0 amide bonds. The lowest BCUT2D eigenvalue weighted by Crippen LogP contribution is -1.94. The molecule has 3 heterocycles. The van der Waals surface area contributed by atoms with Crippen LogP contribution in [0.2, 0.25) is 0 Å². The van der Waals surface area contributed by atoms with Gasteiger partial charge in [-0.3, -0.25) is 15.0 Å². The molecule has 0 fully saturated rings. The first-order chi connectivity index (χ1) is 39.9. The fourth-order valence-electron chi connectivity index (χ4n) is 11.2. The van der Waals surface area contributed by atoms with E-state index in [1.807, 2.05) is 42.9 Å². The number of halogens is 2. The van der Waals surface area contributed by atoms with Gasteiger partial charge in [0.2, 0.25) is 0 Å². The number of nitrogens with zero attached hydrogens (tertiary/aromatic N) is 3. The summed E-state index contributed by atoms with van der Waals surface area (Å²) in [5.41, 5.74) is 26.5. The van der Waals surface area contributed by atoms with E-state index in [2.05, 4.69) is 247 Å². The van der Waals surface area contributed by atoms with E-state index in [9.17, 15) is 4.39 Å². The van der Waals surface area contributed by atoms with E-state index in [0.717, 1.165) is 144 Å². The fourth-order valence-corrected chi connectivity index (χ4v) is 11.8. The maximum absolute atomic E-state index is 13.8. The summed E-state index contributed by atoms with van der Waals surface area (Å²) in [4.78, 5) is 14.4. The van der Waals surface area contributed by atoms with Crippen LogP contribution in [0, 0.1) is 12.7 Å². The van der Waals surface area contributed by atoms with Crippen molar-refractivity contribution in [3.05, 3.63) is 307 Å². The van der Waals surface area contributed by atoms with Gasteiger partial charge < -0.3 is 0 Å².